The van der Waals surface area contributed by atoms with Crippen LogP contribution in [0.4, 0.5) is 5.69 Å². The van der Waals surface area contributed by atoms with Gasteiger partial charge in [-0.15, -0.1) is 0 Å². The Morgan fingerprint density at radius 3 is 2.56 bits per heavy atom. The molecule has 0 saturated heterocycles. The van der Waals surface area contributed by atoms with Gasteiger partial charge >= 0.3 is 0 Å². The second-order valence-electron chi connectivity index (χ2n) is 3.56. The van der Waals surface area contributed by atoms with Crippen LogP contribution in [0.3, 0.4) is 0 Å². The van der Waals surface area contributed by atoms with Crippen molar-refractivity contribution < 1.29 is 0 Å². The zero-order valence-electron chi connectivity index (χ0n) is 8.91. The van der Waals surface area contributed by atoms with Gasteiger partial charge in [0.2, 0.25) is 0 Å². The summed E-state index contributed by atoms with van der Waals surface area (Å²) in [5, 5.41) is 0. The minimum Gasteiger partial charge on any atom is -0.399 e. The molecule has 0 heterocycles. The van der Waals surface area contributed by atoms with E-state index >= 15 is 0 Å². The Labute approximate surface area is 108 Å². The lowest BCUT2D eigenvalue weighted by Crippen LogP contribution is -1.87. The number of nitrogens with two attached hydrogens (primary N) is 1. The monoisotopic (exact) mass is 293 g/mol. The summed E-state index contributed by atoms with van der Waals surface area (Å²) in [4.78, 5) is 2.41. The molecule has 3 heteroatoms. The van der Waals surface area contributed by atoms with Crippen LogP contribution in [-0.2, 0) is 0 Å². The molecule has 0 spiro atoms. The molecular weight excluding hydrogens is 282 g/mol. The first-order valence-corrected chi connectivity index (χ1v) is 6.56. The minimum absolute atomic E-state index is 0.806. The van der Waals surface area contributed by atoms with E-state index in [-0.39, 0.29) is 0 Å². The van der Waals surface area contributed by atoms with E-state index in [1.807, 2.05) is 30.3 Å². The van der Waals surface area contributed by atoms with Gasteiger partial charge in [-0.3, -0.25) is 0 Å². The van der Waals surface area contributed by atoms with Crippen molar-refractivity contribution in [3.63, 3.8) is 0 Å². The lowest BCUT2D eigenvalue weighted by Gasteiger charge is -2.07. The van der Waals surface area contributed by atoms with Gasteiger partial charge < -0.3 is 5.73 Å². The summed E-state index contributed by atoms with van der Waals surface area (Å²) in [6.07, 6.45) is 0. The van der Waals surface area contributed by atoms with Crippen LogP contribution in [0.5, 0.6) is 0 Å². The Morgan fingerprint density at radius 2 is 1.81 bits per heavy atom. The fourth-order valence-corrected chi connectivity index (χ4v) is 2.87. The maximum absolute atomic E-state index is 5.79. The summed E-state index contributed by atoms with van der Waals surface area (Å²) >= 11 is 5.27. The summed E-state index contributed by atoms with van der Waals surface area (Å²) in [6.45, 7) is 2.10. The molecule has 82 valence electrons. The smallest absolute Gasteiger partial charge is 0.0325 e. The zero-order chi connectivity index (χ0) is 11.5. The van der Waals surface area contributed by atoms with Gasteiger partial charge in [-0.25, -0.2) is 0 Å². The van der Waals surface area contributed by atoms with Crippen LogP contribution in [0.1, 0.15) is 5.56 Å². The topological polar surface area (TPSA) is 26.0 Å². The molecule has 0 aromatic heterocycles. The van der Waals surface area contributed by atoms with Crippen LogP contribution < -0.4 is 5.73 Å². The molecule has 0 aliphatic heterocycles. The molecule has 0 atom stereocenters. The Morgan fingerprint density at radius 1 is 1.06 bits per heavy atom. The van der Waals surface area contributed by atoms with Crippen LogP contribution >= 0.6 is 27.7 Å². The van der Waals surface area contributed by atoms with Gasteiger partial charge in [0.25, 0.3) is 0 Å². The number of nitrogen functional groups attached to an aromatic ring is 1. The highest BCUT2D eigenvalue weighted by Gasteiger charge is 2.04. The Balaban J connectivity index is 2.34. The maximum atomic E-state index is 5.79. The highest BCUT2D eigenvalue weighted by Crippen LogP contribution is 2.35. The number of hydrogen-bond acceptors (Lipinski definition) is 2. The third kappa shape index (κ3) is 2.60. The Bertz CT molecular complexity index is 511. The van der Waals surface area contributed by atoms with Crippen LogP contribution in [0.15, 0.2) is 56.7 Å². The van der Waals surface area contributed by atoms with E-state index in [9.17, 15) is 0 Å². The number of anilines is 1. The lowest BCUT2D eigenvalue weighted by atomic mass is 10.2. The molecular formula is C13H12BrNS. The van der Waals surface area contributed by atoms with Gasteiger partial charge in [-0.05, 0) is 52.7 Å². The van der Waals surface area contributed by atoms with Crippen molar-refractivity contribution in [1.82, 2.24) is 0 Å². The minimum atomic E-state index is 0.806. The third-order valence-corrected chi connectivity index (χ3v) is 4.46. The van der Waals surface area contributed by atoms with E-state index in [1.54, 1.807) is 11.8 Å². The standard InChI is InChI=1S/C13H12BrNS/c1-9-6-7-10(15)8-13(9)16-12-5-3-2-4-11(12)14/h2-8H,15H2,1H3. The quantitative estimate of drug-likeness (QED) is 0.826. The number of hydrogen-bond donors (Lipinski definition) is 1. The second-order valence-corrected chi connectivity index (χ2v) is 5.50. The molecule has 0 bridgehead atoms. The molecule has 0 unspecified atom stereocenters. The van der Waals surface area contributed by atoms with Crippen molar-refractivity contribution in [3.8, 4) is 0 Å². The molecule has 0 fully saturated rings. The third-order valence-electron chi connectivity index (χ3n) is 2.27. The Kier molecular flexibility index (Phi) is 3.56. The van der Waals surface area contributed by atoms with E-state index in [4.69, 9.17) is 5.73 Å². The number of rotatable bonds is 2. The van der Waals surface area contributed by atoms with E-state index in [0.29, 0.717) is 0 Å². The molecule has 2 N–H and O–H groups in total. The largest absolute Gasteiger partial charge is 0.399 e. The van der Waals surface area contributed by atoms with Crippen LogP contribution in [0, 0.1) is 6.92 Å². The van der Waals surface area contributed by atoms with Gasteiger partial charge in [0, 0.05) is 20.0 Å². The second kappa shape index (κ2) is 4.93. The van der Waals surface area contributed by atoms with Gasteiger partial charge in [0.15, 0.2) is 0 Å². The number of halogens is 1. The van der Waals surface area contributed by atoms with Crippen molar-refractivity contribution in [3.05, 3.63) is 52.5 Å². The SMILES string of the molecule is Cc1ccc(N)cc1Sc1ccccc1Br. The fraction of sp³-hybridized carbons (Fsp3) is 0.0769. The molecule has 0 saturated carbocycles. The van der Waals surface area contributed by atoms with Crippen molar-refractivity contribution in [1.29, 1.82) is 0 Å². The predicted molar refractivity (Wildman–Crippen MR) is 73.9 cm³/mol. The van der Waals surface area contributed by atoms with Crippen molar-refractivity contribution in [2.24, 2.45) is 0 Å². The Hall–Kier alpha value is -0.930. The number of benzene rings is 2. The molecule has 1 nitrogen and oxygen atoms in total. The molecule has 2 aromatic carbocycles. The zero-order valence-corrected chi connectivity index (χ0v) is 11.3. The number of aryl methyl sites for hydroxylation is 1. The van der Waals surface area contributed by atoms with Gasteiger partial charge in [-0.2, -0.15) is 0 Å². The van der Waals surface area contributed by atoms with Crippen molar-refractivity contribution >= 4 is 33.4 Å². The molecule has 2 aromatic rings. The first-order valence-electron chi connectivity index (χ1n) is 4.95. The van der Waals surface area contributed by atoms with Gasteiger partial charge in [0.1, 0.15) is 0 Å². The normalized spacial score (nSPS) is 10.4. The molecule has 16 heavy (non-hydrogen) atoms. The summed E-state index contributed by atoms with van der Waals surface area (Å²) in [5.41, 5.74) is 7.85. The summed E-state index contributed by atoms with van der Waals surface area (Å²) in [5.74, 6) is 0. The van der Waals surface area contributed by atoms with Gasteiger partial charge in [-0.1, -0.05) is 30.0 Å². The summed E-state index contributed by atoms with van der Waals surface area (Å²) in [7, 11) is 0. The first kappa shape index (κ1) is 11.6. The average Bonchev–Trinajstić information content (AvgIpc) is 2.27. The average molecular weight is 294 g/mol. The van der Waals surface area contributed by atoms with E-state index in [1.165, 1.54) is 15.4 Å². The predicted octanol–water partition coefficient (Wildman–Crippen LogP) is 4.49. The van der Waals surface area contributed by atoms with Crippen molar-refractivity contribution in [2.75, 3.05) is 5.73 Å². The summed E-state index contributed by atoms with van der Waals surface area (Å²) < 4.78 is 1.11. The van der Waals surface area contributed by atoms with E-state index in [0.717, 1.165) is 10.2 Å². The fourth-order valence-electron chi connectivity index (χ4n) is 1.37. The lowest BCUT2D eigenvalue weighted by molar-refractivity contribution is 1.29. The van der Waals surface area contributed by atoms with Crippen LogP contribution in [0.25, 0.3) is 0 Å². The van der Waals surface area contributed by atoms with Crippen molar-refractivity contribution in [2.45, 2.75) is 16.7 Å². The van der Waals surface area contributed by atoms with E-state index < -0.39 is 0 Å². The highest BCUT2D eigenvalue weighted by molar-refractivity contribution is 9.10. The molecule has 0 amide bonds. The summed E-state index contributed by atoms with van der Waals surface area (Å²) in [6, 6.07) is 14.2. The maximum Gasteiger partial charge on any atom is 0.0325 e. The van der Waals surface area contributed by atoms with Gasteiger partial charge in [0.05, 0.1) is 0 Å². The van der Waals surface area contributed by atoms with Crippen LogP contribution in [-0.4, -0.2) is 0 Å². The highest BCUT2D eigenvalue weighted by atomic mass is 79.9. The molecule has 0 aliphatic rings. The molecule has 2 rings (SSSR count). The first-order chi connectivity index (χ1) is 7.66. The van der Waals surface area contributed by atoms with Crippen LogP contribution in [0.2, 0.25) is 0 Å². The molecule has 0 aliphatic carbocycles. The van der Waals surface area contributed by atoms with E-state index in [2.05, 4.69) is 35.0 Å². The molecule has 0 radical (unpaired) electrons.